The lowest BCUT2D eigenvalue weighted by atomic mass is 10.0. The summed E-state index contributed by atoms with van der Waals surface area (Å²) in [5, 5.41) is 0. The molecule has 0 aromatic heterocycles. The second-order valence-electron chi connectivity index (χ2n) is 6.92. The van der Waals surface area contributed by atoms with Crippen molar-refractivity contribution in [2.24, 2.45) is 0 Å². The summed E-state index contributed by atoms with van der Waals surface area (Å²) in [6.45, 7) is 2.14. The minimum atomic E-state index is -0.709. The van der Waals surface area contributed by atoms with E-state index < -0.39 is 11.6 Å². The van der Waals surface area contributed by atoms with E-state index in [1.165, 1.54) is 25.0 Å². The predicted molar refractivity (Wildman–Crippen MR) is 105 cm³/mol. The molecule has 0 aliphatic carbocycles. The second kappa shape index (κ2) is 9.03. The lowest BCUT2D eigenvalue weighted by Gasteiger charge is -2.30. The number of halogens is 2. The van der Waals surface area contributed by atoms with Gasteiger partial charge in [0.2, 0.25) is 5.91 Å². The summed E-state index contributed by atoms with van der Waals surface area (Å²) >= 11 is 0. The average molecular weight is 403 g/mol. The number of carbonyl (C=O) groups excluding carboxylic acids is 2. The molecule has 1 heterocycles. The van der Waals surface area contributed by atoms with Crippen molar-refractivity contribution in [3.8, 4) is 11.5 Å². The summed E-state index contributed by atoms with van der Waals surface area (Å²) in [6, 6.07) is 7.01. The molecule has 0 bridgehead atoms. The predicted octanol–water partition coefficient (Wildman–Crippen LogP) is 4.31. The zero-order valence-corrected chi connectivity index (χ0v) is 16.5. The molecule has 2 aromatic carbocycles. The van der Waals surface area contributed by atoms with Crippen LogP contribution in [-0.2, 0) is 11.2 Å². The maximum atomic E-state index is 14.2. The first-order valence-corrected chi connectivity index (χ1v) is 9.50. The lowest BCUT2D eigenvalue weighted by Crippen LogP contribution is -2.36. The number of ketones is 1. The fourth-order valence-corrected chi connectivity index (χ4v) is 3.45. The van der Waals surface area contributed by atoms with Crippen LogP contribution in [-0.4, -0.2) is 32.0 Å². The van der Waals surface area contributed by atoms with Crippen molar-refractivity contribution in [1.82, 2.24) is 0 Å². The third-order valence-electron chi connectivity index (χ3n) is 4.87. The molecule has 0 saturated heterocycles. The van der Waals surface area contributed by atoms with Gasteiger partial charge in [-0.3, -0.25) is 9.59 Å². The first-order valence-electron chi connectivity index (χ1n) is 9.50. The molecule has 3 rings (SSSR count). The Balaban J connectivity index is 1.59. The van der Waals surface area contributed by atoms with E-state index in [0.29, 0.717) is 48.4 Å². The van der Waals surface area contributed by atoms with Crippen LogP contribution in [0.4, 0.5) is 14.5 Å². The number of amides is 1. The molecule has 154 valence electrons. The first kappa shape index (κ1) is 20.8. The van der Waals surface area contributed by atoms with Gasteiger partial charge in [0.15, 0.2) is 17.3 Å². The molecule has 0 unspecified atom stereocenters. The number of fused-ring (bicyclic) bond motifs is 1. The number of benzene rings is 2. The molecule has 5 nitrogen and oxygen atoms in total. The number of Topliss-reactive ketones (excluding diaryl/α,β-unsaturated/α-hetero) is 1. The molecule has 2 aromatic rings. The van der Waals surface area contributed by atoms with Gasteiger partial charge >= 0.3 is 0 Å². The number of ether oxygens (including phenoxy) is 2. The molecule has 0 N–H and O–H groups in total. The van der Waals surface area contributed by atoms with E-state index in [2.05, 4.69) is 0 Å². The topological polar surface area (TPSA) is 55.8 Å². The van der Waals surface area contributed by atoms with Crippen LogP contribution >= 0.6 is 0 Å². The molecule has 0 fully saturated rings. The van der Waals surface area contributed by atoms with Gasteiger partial charge in [-0.15, -0.1) is 0 Å². The Bertz CT molecular complexity index is 929. The van der Waals surface area contributed by atoms with Crippen molar-refractivity contribution >= 4 is 17.4 Å². The monoisotopic (exact) mass is 403 g/mol. The fraction of sp³-hybridized carbons (Fsp3) is 0.364. The van der Waals surface area contributed by atoms with Crippen molar-refractivity contribution in [2.45, 2.75) is 32.6 Å². The van der Waals surface area contributed by atoms with Crippen LogP contribution in [0.25, 0.3) is 0 Å². The molecule has 1 aliphatic rings. The number of hydrogen-bond donors (Lipinski definition) is 0. The van der Waals surface area contributed by atoms with Crippen molar-refractivity contribution < 1.29 is 27.8 Å². The van der Waals surface area contributed by atoms with E-state index in [1.54, 1.807) is 18.2 Å². The van der Waals surface area contributed by atoms with Crippen LogP contribution in [0.3, 0.4) is 0 Å². The Morgan fingerprint density at radius 3 is 2.66 bits per heavy atom. The van der Waals surface area contributed by atoms with Crippen LogP contribution < -0.4 is 14.4 Å². The maximum Gasteiger partial charge on any atom is 0.227 e. The van der Waals surface area contributed by atoms with Gasteiger partial charge in [-0.05, 0) is 56.0 Å². The smallest absolute Gasteiger partial charge is 0.227 e. The Morgan fingerprint density at radius 1 is 1.14 bits per heavy atom. The second-order valence-corrected chi connectivity index (χ2v) is 6.92. The number of methoxy groups -OCH3 is 1. The third-order valence-corrected chi connectivity index (χ3v) is 4.87. The average Bonchev–Trinajstić information content (AvgIpc) is 2.70. The molecule has 7 heteroatoms. The fourth-order valence-electron chi connectivity index (χ4n) is 3.45. The zero-order chi connectivity index (χ0) is 21.0. The highest BCUT2D eigenvalue weighted by Crippen LogP contribution is 2.32. The Labute approximate surface area is 168 Å². The Morgan fingerprint density at radius 2 is 1.93 bits per heavy atom. The van der Waals surface area contributed by atoms with Crippen molar-refractivity contribution in [3.63, 3.8) is 0 Å². The Hall–Kier alpha value is -2.96. The van der Waals surface area contributed by atoms with Gasteiger partial charge in [-0.25, -0.2) is 8.78 Å². The normalized spacial score (nSPS) is 13.0. The van der Waals surface area contributed by atoms with Crippen LogP contribution in [0.1, 0.15) is 42.1 Å². The van der Waals surface area contributed by atoms with E-state index in [4.69, 9.17) is 9.47 Å². The molecular weight excluding hydrogens is 380 g/mol. The van der Waals surface area contributed by atoms with E-state index >= 15 is 0 Å². The van der Waals surface area contributed by atoms with Crippen LogP contribution in [0.5, 0.6) is 11.5 Å². The number of carbonyl (C=O) groups is 2. The van der Waals surface area contributed by atoms with E-state index in [-0.39, 0.29) is 30.4 Å². The molecule has 0 radical (unpaired) electrons. The summed E-state index contributed by atoms with van der Waals surface area (Å²) in [5.74, 6) is -0.713. The number of anilines is 1. The first-order chi connectivity index (χ1) is 13.9. The molecular formula is C22H23F2NO4. The zero-order valence-electron chi connectivity index (χ0n) is 16.5. The SMILES string of the molecule is COc1cc(C(C)=O)ccc1OCCCC(=O)N1CCCc2cc(F)cc(F)c21. The number of aryl methyl sites for hydroxylation is 1. The van der Waals surface area contributed by atoms with Gasteiger partial charge in [0.05, 0.1) is 19.4 Å². The van der Waals surface area contributed by atoms with Gasteiger partial charge in [0, 0.05) is 24.6 Å². The quantitative estimate of drug-likeness (QED) is 0.511. The number of hydrogen-bond acceptors (Lipinski definition) is 4. The minimum absolute atomic E-state index is 0.0747. The van der Waals surface area contributed by atoms with Crippen molar-refractivity contribution in [2.75, 3.05) is 25.2 Å². The largest absolute Gasteiger partial charge is 0.493 e. The summed E-state index contributed by atoms with van der Waals surface area (Å²) in [7, 11) is 1.49. The Kier molecular flexibility index (Phi) is 6.46. The highest BCUT2D eigenvalue weighted by molar-refractivity contribution is 5.95. The van der Waals surface area contributed by atoms with E-state index in [9.17, 15) is 18.4 Å². The van der Waals surface area contributed by atoms with Gasteiger partial charge in [-0.2, -0.15) is 0 Å². The third kappa shape index (κ3) is 4.72. The molecule has 0 saturated carbocycles. The molecule has 1 amide bonds. The molecule has 0 atom stereocenters. The van der Waals surface area contributed by atoms with Gasteiger partial charge < -0.3 is 14.4 Å². The number of rotatable bonds is 7. The van der Waals surface area contributed by atoms with Crippen LogP contribution in [0, 0.1) is 11.6 Å². The summed E-state index contributed by atoms with van der Waals surface area (Å²) < 4.78 is 38.6. The highest BCUT2D eigenvalue weighted by Gasteiger charge is 2.26. The van der Waals surface area contributed by atoms with Crippen LogP contribution in [0.2, 0.25) is 0 Å². The standard InChI is InChI=1S/C22H23F2NO4/c1-14(26)15-7-8-19(20(12-15)28-2)29-10-4-6-21(27)25-9-3-5-16-11-17(23)13-18(24)22(16)25/h7-8,11-13H,3-6,9-10H2,1-2H3. The molecule has 29 heavy (non-hydrogen) atoms. The van der Waals surface area contributed by atoms with Crippen molar-refractivity contribution in [3.05, 3.63) is 53.1 Å². The van der Waals surface area contributed by atoms with Gasteiger partial charge in [0.1, 0.15) is 11.6 Å². The highest BCUT2D eigenvalue weighted by atomic mass is 19.1. The summed E-state index contributed by atoms with van der Waals surface area (Å²) in [4.78, 5) is 25.5. The van der Waals surface area contributed by atoms with Gasteiger partial charge in [-0.1, -0.05) is 0 Å². The number of nitrogens with zero attached hydrogens (tertiary/aromatic N) is 1. The molecule has 1 aliphatic heterocycles. The van der Waals surface area contributed by atoms with Gasteiger partial charge in [0.25, 0.3) is 0 Å². The van der Waals surface area contributed by atoms with Crippen LogP contribution in [0.15, 0.2) is 30.3 Å². The van der Waals surface area contributed by atoms with E-state index in [0.717, 1.165) is 6.07 Å². The summed E-state index contributed by atoms with van der Waals surface area (Å²) in [5.41, 5.74) is 1.23. The minimum Gasteiger partial charge on any atom is -0.493 e. The van der Waals surface area contributed by atoms with Crippen molar-refractivity contribution in [1.29, 1.82) is 0 Å². The maximum absolute atomic E-state index is 14.2. The summed E-state index contributed by atoms with van der Waals surface area (Å²) in [6.07, 6.45) is 1.81. The lowest BCUT2D eigenvalue weighted by molar-refractivity contribution is -0.119. The van der Waals surface area contributed by atoms with E-state index in [1.807, 2.05) is 0 Å². The molecule has 0 spiro atoms.